The second kappa shape index (κ2) is 3.53. The average molecular weight is 154 g/mol. The number of nitrogens with zero attached hydrogens (tertiary/aromatic N) is 2. The number of aryl methyl sites for hydroxylation is 1. The summed E-state index contributed by atoms with van der Waals surface area (Å²) in [7, 11) is 0. The number of aromatic nitrogens is 2. The van der Waals surface area contributed by atoms with Gasteiger partial charge in [-0.05, 0) is 13.8 Å². The Morgan fingerprint density at radius 1 is 1.64 bits per heavy atom. The van der Waals surface area contributed by atoms with Crippen LogP contribution in [0, 0.1) is 6.92 Å². The topological polar surface area (TPSA) is 38.0 Å². The Bertz CT molecular complexity index is 230. The molecule has 0 unspecified atom stereocenters. The molecule has 1 aromatic heterocycles. The third-order valence-electron chi connectivity index (χ3n) is 1.89. The van der Waals surface area contributed by atoms with E-state index in [-0.39, 0.29) is 6.61 Å². The first-order chi connectivity index (χ1) is 5.29. The van der Waals surface area contributed by atoms with E-state index < -0.39 is 0 Å². The molecule has 0 saturated carbocycles. The van der Waals surface area contributed by atoms with Gasteiger partial charge < -0.3 is 9.67 Å². The molecule has 11 heavy (non-hydrogen) atoms. The van der Waals surface area contributed by atoms with Crippen molar-refractivity contribution in [2.45, 2.75) is 26.8 Å². The number of hydrogen-bond donors (Lipinski definition) is 1. The SMILES string of the molecule is CCn1cnc(CCO)c1C. The van der Waals surface area contributed by atoms with E-state index in [1.54, 1.807) is 0 Å². The summed E-state index contributed by atoms with van der Waals surface area (Å²) in [5.74, 6) is 0. The van der Waals surface area contributed by atoms with Gasteiger partial charge in [-0.3, -0.25) is 0 Å². The van der Waals surface area contributed by atoms with Gasteiger partial charge in [0.25, 0.3) is 0 Å². The summed E-state index contributed by atoms with van der Waals surface area (Å²) in [4.78, 5) is 4.18. The lowest BCUT2D eigenvalue weighted by atomic mass is 10.3. The van der Waals surface area contributed by atoms with Crippen molar-refractivity contribution in [2.24, 2.45) is 0 Å². The molecule has 0 aliphatic heterocycles. The minimum Gasteiger partial charge on any atom is -0.396 e. The van der Waals surface area contributed by atoms with Crippen molar-refractivity contribution in [3.8, 4) is 0 Å². The summed E-state index contributed by atoms with van der Waals surface area (Å²) in [6.07, 6.45) is 2.49. The molecule has 0 saturated heterocycles. The van der Waals surface area contributed by atoms with E-state index in [9.17, 15) is 0 Å². The molecule has 0 amide bonds. The van der Waals surface area contributed by atoms with Crippen LogP contribution in [0.25, 0.3) is 0 Å². The first-order valence-electron chi connectivity index (χ1n) is 3.91. The summed E-state index contributed by atoms with van der Waals surface area (Å²) >= 11 is 0. The third kappa shape index (κ3) is 1.60. The van der Waals surface area contributed by atoms with Crippen molar-refractivity contribution in [3.63, 3.8) is 0 Å². The van der Waals surface area contributed by atoms with Crippen LogP contribution in [0.3, 0.4) is 0 Å². The molecule has 1 rings (SSSR count). The van der Waals surface area contributed by atoms with Gasteiger partial charge in [0.2, 0.25) is 0 Å². The molecule has 62 valence electrons. The minimum absolute atomic E-state index is 0.182. The van der Waals surface area contributed by atoms with E-state index in [1.807, 2.05) is 13.3 Å². The first-order valence-corrected chi connectivity index (χ1v) is 3.91. The summed E-state index contributed by atoms with van der Waals surface area (Å²) in [5, 5.41) is 8.68. The maximum Gasteiger partial charge on any atom is 0.0951 e. The van der Waals surface area contributed by atoms with Gasteiger partial charge in [-0.2, -0.15) is 0 Å². The van der Waals surface area contributed by atoms with Crippen molar-refractivity contribution < 1.29 is 5.11 Å². The smallest absolute Gasteiger partial charge is 0.0951 e. The van der Waals surface area contributed by atoms with Gasteiger partial charge in [-0.25, -0.2) is 4.98 Å². The number of hydrogen-bond acceptors (Lipinski definition) is 2. The molecule has 0 aromatic carbocycles. The lowest BCUT2D eigenvalue weighted by Crippen LogP contribution is -1.98. The van der Waals surface area contributed by atoms with E-state index in [2.05, 4.69) is 16.5 Å². The number of imidazole rings is 1. The Morgan fingerprint density at radius 2 is 2.36 bits per heavy atom. The summed E-state index contributed by atoms with van der Waals surface area (Å²) in [6, 6.07) is 0. The molecule has 0 fully saturated rings. The van der Waals surface area contributed by atoms with Crippen molar-refractivity contribution >= 4 is 0 Å². The molecule has 1 N–H and O–H groups in total. The minimum atomic E-state index is 0.182. The highest BCUT2D eigenvalue weighted by atomic mass is 16.3. The molecule has 3 heteroatoms. The molecule has 3 nitrogen and oxygen atoms in total. The average Bonchev–Trinajstić information content (AvgIpc) is 2.34. The van der Waals surface area contributed by atoms with Gasteiger partial charge in [0.05, 0.1) is 12.0 Å². The second-order valence-corrected chi connectivity index (χ2v) is 2.54. The monoisotopic (exact) mass is 154 g/mol. The Morgan fingerprint density at radius 3 is 2.82 bits per heavy atom. The maximum atomic E-state index is 8.68. The van der Waals surface area contributed by atoms with Gasteiger partial charge in [0, 0.05) is 25.3 Å². The van der Waals surface area contributed by atoms with E-state index in [1.165, 1.54) is 5.69 Å². The van der Waals surface area contributed by atoms with Crippen LogP contribution >= 0.6 is 0 Å². The molecule has 0 atom stereocenters. The maximum absolute atomic E-state index is 8.68. The van der Waals surface area contributed by atoms with Gasteiger partial charge in [0.1, 0.15) is 0 Å². The van der Waals surface area contributed by atoms with Crippen molar-refractivity contribution in [1.29, 1.82) is 0 Å². The highest BCUT2D eigenvalue weighted by molar-refractivity contribution is 5.10. The van der Waals surface area contributed by atoms with Gasteiger partial charge >= 0.3 is 0 Å². The molecule has 0 aliphatic rings. The molecule has 0 aliphatic carbocycles. The van der Waals surface area contributed by atoms with Gasteiger partial charge in [-0.1, -0.05) is 0 Å². The van der Waals surface area contributed by atoms with Crippen LogP contribution in [0.5, 0.6) is 0 Å². The Labute approximate surface area is 66.7 Å². The standard InChI is InChI=1S/C8H14N2O/c1-3-10-6-9-8(4-5-11)7(10)2/h6,11H,3-5H2,1-2H3. The van der Waals surface area contributed by atoms with E-state index in [0.717, 1.165) is 12.2 Å². The van der Waals surface area contributed by atoms with Crippen LogP contribution in [-0.2, 0) is 13.0 Å². The van der Waals surface area contributed by atoms with Crippen LogP contribution in [0.2, 0.25) is 0 Å². The first kappa shape index (κ1) is 8.27. The zero-order valence-corrected chi connectivity index (χ0v) is 7.04. The predicted octanol–water partition coefficient (Wildman–Crippen LogP) is 0.746. The lowest BCUT2D eigenvalue weighted by Gasteiger charge is -1.99. The Hall–Kier alpha value is -0.830. The summed E-state index contributed by atoms with van der Waals surface area (Å²) in [5.41, 5.74) is 2.18. The Balaban J connectivity index is 2.82. The normalized spacial score (nSPS) is 10.5. The summed E-state index contributed by atoms with van der Waals surface area (Å²) in [6.45, 7) is 5.24. The van der Waals surface area contributed by atoms with Crippen LogP contribution in [-0.4, -0.2) is 21.3 Å². The number of aliphatic hydroxyl groups is 1. The quantitative estimate of drug-likeness (QED) is 0.697. The van der Waals surface area contributed by atoms with E-state index >= 15 is 0 Å². The molecule has 1 heterocycles. The zero-order valence-electron chi connectivity index (χ0n) is 7.04. The molecular formula is C8H14N2O. The lowest BCUT2D eigenvalue weighted by molar-refractivity contribution is 0.298. The number of rotatable bonds is 3. The van der Waals surface area contributed by atoms with Crippen molar-refractivity contribution in [3.05, 3.63) is 17.7 Å². The fourth-order valence-electron chi connectivity index (χ4n) is 1.16. The zero-order chi connectivity index (χ0) is 8.27. The van der Waals surface area contributed by atoms with Crippen molar-refractivity contribution in [1.82, 2.24) is 9.55 Å². The largest absolute Gasteiger partial charge is 0.396 e. The number of aliphatic hydroxyl groups excluding tert-OH is 1. The van der Waals surface area contributed by atoms with Gasteiger partial charge in [0.15, 0.2) is 0 Å². The van der Waals surface area contributed by atoms with Crippen LogP contribution in [0.15, 0.2) is 6.33 Å². The van der Waals surface area contributed by atoms with E-state index in [0.29, 0.717) is 6.42 Å². The van der Waals surface area contributed by atoms with Crippen molar-refractivity contribution in [2.75, 3.05) is 6.61 Å². The Kier molecular flexibility index (Phi) is 2.65. The highest BCUT2D eigenvalue weighted by Gasteiger charge is 2.02. The third-order valence-corrected chi connectivity index (χ3v) is 1.89. The van der Waals surface area contributed by atoms with Gasteiger partial charge in [-0.15, -0.1) is 0 Å². The van der Waals surface area contributed by atoms with Crippen LogP contribution in [0.4, 0.5) is 0 Å². The van der Waals surface area contributed by atoms with E-state index in [4.69, 9.17) is 5.11 Å². The summed E-state index contributed by atoms with van der Waals surface area (Å²) < 4.78 is 2.07. The fourth-order valence-corrected chi connectivity index (χ4v) is 1.16. The highest BCUT2D eigenvalue weighted by Crippen LogP contribution is 2.05. The predicted molar refractivity (Wildman–Crippen MR) is 43.4 cm³/mol. The molecule has 1 aromatic rings. The molecule has 0 radical (unpaired) electrons. The van der Waals surface area contributed by atoms with Crippen LogP contribution < -0.4 is 0 Å². The molecule has 0 bridgehead atoms. The molecular weight excluding hydrogens is 140 g/mol. The second-order valence-electron chi connectivity index (χ2n) is 2.54. The molecule has 0 spiro atoms. The fraction of sp³-hybridized carbons (Fsp3) is 0.625. The van der Waals surface area contributed by atoms with Crippen LogP contribution in [0.1, 0.15) is 18.3 Å².